The molecular formula is C8H6F8O2. The fourth-order valence-electron chi connectivity index (χ4n) is 0.625. The molecule has 0 rings (SSSR count). The Hall–Kier alpha value is -1.35. The minimum atomic E-state index is -6.25. The van der Waals surface area contributed by atoms with Crippen LogP contribution in [0.1, 0.15) is 6.92 Å². The van der Waals surface area contributed by atoms with Crippen LogP contribution in [0.15, 0.2) is 12.2 Å². The number of carbonyl (C=O) groups excluding carboxylic acids is 1. The van der Waals surface area contributed by atoms with Gasteiger partial charge in [-0.15, -0.1) is 0 Å². The number of hydrogen-bond donors (Lipinski definition) is 0. The number of carbonyl (C=O) groups is 1. The molecule has 0 saturated heterocycles. The molecule has 0 amide bonds. The summed E-state index contributed by atoms with van der Waals surface area (Å²) in [6.45, 7) is 3.53. The van der Waals surface area contributed by atoms with Crippen LogP contribution in [0.4, 0.5) is 35.1 Å². The minimum Gasteiger partial charge on any atom is -0.393 e. The van der Waals surface area contributed by atoms with Crippen LogP contribution in [0, 0.1) is 0 Å². The highest BCUT2D eigenvalue weighted by atomic mass is 19.4. The first-order valence-corrected chi connectivity index (χ1v) is 4.08. The van der Waals surface area contributed by atoms with Gasteiger partial charge in [-0.1, -0.05) is 6.58 Å². The maximum atomic E-state index is 12.6. The van der Waals surface area contributed by atoms with E-state index in [9.17, 15) is 39.9 Å². The molecule has 1 unspecified atom stereocenters. The highest BCUT2D eigenvalue weighted by molar-refractivity contribution is 5.87. The van der Waals surface area contributed by atoms with E-state index in [0.717, 1.165) is 6.92 Å². The second-order valence-corrected chi connectivity index (χ2v) is 3.21. The third-order valence-corrected chi connectivity index (χ3v) is 1.56. The van der Waals surface area contributed by atoms with Gasteiger partial charge in [-0.2, -0.15) is 30.7 Å². The van der Waals surface area contributed by atoms with Crippen molar-refractivity contribution in [2.45, 2.75) is 31.3 Å². The van der Waals surface area contributed by atoms with Gasteiger partial charge in [0.2, 0.25) is 0 Å². The van der Waals surface area contributed by atoms with Gasteiger partial charge in [0.05, 0.1) is 0 Å². The van der Waals surface area contributed by atoms with Crippen molar-refractivity contribution >= 4 is 5.97 Å². The maximum absolute atomic E-state index is 12.6. The monoisotopic (exact) mass is 286 g/mol. The summed E-state index contributed by atoms with van der Waals surface area (Å²) in [6, 6.07) is 0. The third kappa shape index (κ3) is 3.33. The Labute approximate surface area is 95.2 Å². The number of rotatable bonds is 4. The van der Waals surface area contributed by atoms with Gasteiger partial charge < -0.3 is 4.74 Å². The lowest BCUT2D eigenvalue weighted by Gasteiger charge is -2.28. The second-order valence-electron chi connectivity index (χ2n) is 3.21. The van der Waals surface area contributed by atoms with Gasteiger partial charge in [0.25, 0.3) is 6.17 Å². The van der Waals surface area contributed by atoms with E-state index in [1.165, 1.54) is 0 Å². The van der Waals surface area contributed by atoms with Crippen LogP contribution in [0.2, 0.25) is 0 Å². The lowest BCUT2D eigenvalue weighted by atomic mass is 10.2. The van der Waals surface area contributed by atoms with E-state index in [0.29, 0.717) is 0 Å². The largest absolute Gasteiger partial charge is 0.470 e. The molecule has 0 bridgehead atoms. The molecule has 0 N–H and O–H groups in total. The number of ether oxygens (including phenoxy) is 1. The molecule has 0 radical (unpaired) electrons. The number of alkyl halides is 8. The van der Waals surface area contributed by atoms with E-state index in [1.54, 1.807) is 0 Å². The first kappa shape index (κ1) is 16.6. The number of hydrogen-bond acceptors (Lipinski definition) is 2. The van der Waals surface area contributed by atoms with E-state index in [1.807, 2.05) is 0 Å². The van der Waals surface area contributed by atoms with Crippen molar-refractivity contribution < 1.29 is 44.7 Å². The van der Waals surface area contributed by atoms with Crippen LogP contribution in [0.5, 0.6) is 0 Å². The Morgan fingerprint density at radius 3 is 1.78 bits per heavy atom. The smallest absolute Gasteiger partial charge is 0.393 e. The maximum Gasteiger partial charge on any atom is 0.470 e. The normalized spacial score (nSPS) is 15.2. The molecule has 0 aromatic carbocycles. The van der Waals surface area contributed by atoms with E-state index in [-0.39, 0.29) is 0 Å². The van der Waals surface area contributed by atoms with Crippen molar-refractivity contribution in [1.29, 1.82) is 0 Å². The second kappa shape index (κ2) is 4.73. The molecule has 0 aliphatic rings. The molecule has 0 aromatic rings. The van der Waals surface area contributed by atoms with Crippen molar-refractivity contribution in [3.05, 3.63) is 12.2 Å². The first-order chi connectivity index (χ1) is 7.73. The van der Waals surface area contributed by atoms with Gasteiger partial charge in [0.15, 0.2) is 0 Å². The lowest BCUT2D eigenvalue weighted by Crippen LogP contribution is -2.55. The van der Waals surface area contributed by atoms with Crippen LogP contribution in [-0.2, 0) is 9.53 Å². The summed E-state index contributed by atoms with van der Waals surface area (Å²) in [5, 5.41) is 0. The molecule has 18 heavy (non-hydrogen) atoms. The summed E-state index contributed by atoms with van der Waals surface area (Å²) in [4.78, 5) is 10.5. The van der Waals surface area contributed by atoms with Crippen molar-refractivity contribution in [2.24, 2.45) is 0 Å². The van der Waals surface area contributed by atoms with E-state index >= 15 is 0 Å². The Balaban J connectivity index is 5.20. The summed E-state index contributed by atoms with van der Waals surface area (Å²) in [5.74, 6) is -8.33. The highest BCUT2D eigenvalue weighted by Crippen LogP contribution is 2.45. The van der Waals surface area contributed by atoms with E-state index in [4.69, 9.17) is 0 Å². The van der Waals surface area contributed by atoms with Gasteiger partial charge >= 0.3 is 24.2 Å². The van der Waals surface area contributed by atoms with Crippen LogP contribution < -0.4 is 0 Å². The van der Waals surface area contributed by atoms with E-state index < -0.39 is 35.9 Å². The molecule has 106 valence electrons. The predicted octanol–water partition coefficient (Wildman–Crippen LogP) is 3.23. The van der Waals surface area contributed by atoms with Crippen molar-refractivity contribution in [3.63, 3.8) is 0 Å². The molecule has 1 atom stereocenters. The van der Waals surface area contributed by atoms with Gasteiger partial charge in [-0.3, -0.25) is 0 Å². The molecule has 0 heterocycles. The van der Waals surface area contributed by atoms with E-state index in [2.05, 4.69) is 11.3 Å². The summed E-state index contributed by atoms with van der Waals surface area (Å²) >= 11 is 0. The molecule has 0 aliphatic carbocycles. The third-order valence-electron chi connectivity index (χ3n) is 1.56. The van der Waals surface area contributed by atoms with Crippen LogP contribution in [-0.4, -0.2) is 30.3 Å². The summed E-state index contributed by atoms with van der Waals surface area (Å²) in [7, 11) is 0. The molecule has 0 spiro atoms. The fraction of sp³-hybridized carbons (Fsp3) is 0.625. The van der Waals surface area contributed by atoms with Crippen LogP contribution >= 0.6 is 0 Å². The SMILES string of the molecule is C=C(C)C(=O)OC(F)(F)C(F)(F)C(F)C(F)(F)F. The zero-order valence-electron chi connectivity index (χ0n) is 8.62. The first-order valence-electron chi connectivity index (χ1n) is 4.08. The summed E-state index contributed by atoms with van der Waals surface area (Å²) in [6.07, 6.45) is -17.4. The quantitative estimate of drug-likeness (QED) is 0.450. The molecule has 0 fully saturated rings. The minimum absolute atomic E-state index is 0.770. The zero-order valence-corrected chi connectivity index (χ0v) is 8.62. The Kier molecular flexibility index (Phi) is 4.37. The molecular weight excluding hydrogens is 280 g/mol. The Morgan fingerprint density at radius 1 is 1.11 bits per heavy atom. The van der Waals surface area contributed by atoms with Crippen LogP contribution in [0.25, 0.3) is 0 Å². The van der Waals surface area contributed by atoms with Gasteiger partial charge in [-0.05, 0) is 6.92 Å². The fourth-order valence-corrected chi connectivity index (χ4v) is 0.625. The molecule has 0 aliphatic heterocycles. The topological polar surface area (TPSA) is 26.3 Å². The molecule has 0 aromatic heterocycles. The van der Waals surface area contributed by atoms with Gasteiger partial charge in [0.1, 0.15) is 0 Å². The number of esters is 1. The van der Waals surface area contributed by atoms with Gasteiger partial charge in [-0.25, -0.2) is 9.18 Å². The standard InChI is InChI=1S/C8H6F8O2/c1-3(2)4(17)18-8(15,16)6(10,11)5(9)7(12,13)14/h5H,1H2,2H3. The van der Waals surface area contributed by atoms with Crippen LogP contribution in [0.3, 0.4) is 0 Å². The molecule has 0 saturated carbocycles. The molecule has 2 nitrogen and oxygen atoms in total. The zero-order chi connectivity index (χ0) is 14.9. The molecule has 10 heteroatoms. The predicted molar refractivity (Wildman–Crippen MR) is 41.8 cm³/mol. The Morgan fingerprint density at radius 2 is 1.50 bits per heavy atom. The van der Waals surface area contributed by atoms with Crippen molar-refractivity contribution in [2.75, 3.05) is 0 Å². The summed E-state index contributed by atoms with van der Waals surface area (Å²) < 4.78 is 100. The van der Waals surface area contributed by atoms with Crippen molar-refractivity contribution in [1.82, 2.24) is 0 Å². The highest BCUT2D eigenvalue weighted by Gasteiger charge is 2.72. The van der Waals surface area contributed by atoms with Crippen molar-refractivity contribution in [3.8, 4) is 0 Å². The van der Waals surface area contributed by atoms with Gasteiger partial charge in [0, 0.05) is 5.57 Å². The average Bonchev–Trinajstić information content (AvgIpc) is 2.13. The summed E-state index contributed by atoms with van der Waals surface area (Å²) in [5.41, 5.74) is -0.770. The lowest BCUT2D eigenvalue weighted by molar-refractivity contribution is -0.373. The number of halogens is 8. The average molecular weight is 286 g/mol. The Bertz CT molecular complexity index is 345.